The van der Waals surface area contributed by atoms with Gasteiger partial charge in [-0.15, -0.1) is 12.4 Å². The molecule has 5 nitrogen and oxygen atoms in total. The summed E-state index contributed by atoms with van der Waals surface area (Å²) in [6, 6.07) is 30.5. The molecule has 196 valence electrons. The summed E-state index contributed by atoms with van der Waals surface area (Å²) in [5.41, 5.74) is 6.70. The van der Waals surface area contributed by atoms with E-state index in [1.807, 2.05) is 60.7 Å². The van der Waals surface area contributed by atoms with Crippen LogP contribution in [0.4, 0.5) is 0 Å². The standard InChI is InChI=1S/C32H31NO4.ClH/c1-34-30-18-25(13-14-29(30)36-21-23-9-5-3-6-10-23)17-28-27-20-32(37-22-24-11-7-4-8-12-24)31(35-2)19-26(27)15-16-33-28;/h3-14,18-20H,15-17,21-22H2,1-2H3;1H. The van der Waals surface area contributed by atoms with Crippen LogP contribution in [0.15, 0.2) is 96.0 Å². The van der Waals surface area contributed by atoms with Crippen molar-refractivity contribution in [2.24, 2.45) is 4.99 Å². The zero-order chi connectivity index (χ0) is 25.5. The normalized spacial score (nSPS) is 12.0. The van der Waals surface area contributed by atoms with Crippen molar-refractivity contribution in [2.75, 3.05) is 20.8 Å². The number of nitrogens with zero attached hydrogens (tertiary/aromatic N) is 1. The van der Waals surface area contributed by atoms with E-state index in [2.05, 4.69) is 30.3 Å². The van der Waals surface area contributed by atoms with E-state index in [0.29, 0.717) is 25.4 Å². The molecule has 5 rings (SSSR count). The van der Waals surface area contributed by atoms with E-state index in [0.717, 1.165) is 58.2 Å². The smallest absolute Gasteiger partial charge is 0.162 e. The summed E-state index contributed by atoms with van der Waals surface area (Å²) in [5.74, 6) is 2.91. The minimum Gasteiger partial charge on any atom is -0.493 e. The van der Waals surface area contributed by atoms with Crippen molar-refractivity contribution in [3.63, 3.8) is 0 Å². The van der Waals surface area contributed by atoms with Crippen LogP contribution in [0.1, 0.15) is 27.8 Å². The Kier molecular flexibility index (Phi) is 9.28. The van der Waals surface area contributed by atoms with Crippen molar-refractivity contribution in [3.05, 3.63) is 119 Å². The first-order chi connectivity index (χ1) is 18.2. The molecule has 0 N–H and O–H groups in total. The molecule has 4 aromatic carbocycles. The molecule has 1 heterocycles. The highest BCUT2D eigenvalue weighted by Gasteiger charge is 2.20. The summed E-state index contributed by atoms with van der Waals surface area (Å²) in [5, 5.41) is 0. The van der Waals surface area contributed by atoms with E-state index in [1.54, 1.807) is 14.2 Å². The second-order valence-corrected chi connectivity index (χ2v) is 8.95. The predicted molar refractivity (Wildman–Crippen MR) is 154 cm³/mol. The molecule has 1 aliphatic heterocycles. The number of fused-ring (bicyclic) bond motifs is 1. The van der Waals surface area contributed by atoms with Gasteiger partial charge < -0.3 is 18.9 Å². The molecule has 0 atom stereocenters. The summed E-state index contributed by atoms with van der Waals surface area (Å²) in [6.07, 6.45) is 1.57. The average molecular weight is 530 g/mol. The molecule has 0 radical (unpaired) electrons. The Hall–Kier alpha value is -3.96. The van der Waals surface area contributed by atoms with Gasteiger partial charge in [-0.1, -0.05) is 66.7 Å². The molecular formula is C32H32ClNO4. The zero-order valence-electron chi connectivity index (χ0n) is 21.7. The fourth-order valence-corrected chi connectivity index (χ4v) is 4.50. The fraction of sp³-hybridized carbons (Fsp3) is 0.219. The molecule has 1 aliphatic rings. The van der Waals surface area contributed by atoms with Gasteiger partial charge >= 0.3 is 0 Å². The molecule has 0 aliphatic carbocycles. The highest BCUT2D eigenvalue weighted by molar-refractivity contribution is 6.04. The van der Waals surface area contributed by atoms with E-state index in [9.17, 15) is 0 Å². The van der Waals surface area contributed by atoms with Gasteiger partial charge in [0.1, 0.15) is 13.2 Å². The Morgan fingerprint density at radius 2 is 1.24 bits per heavy atom. The fourth-order valence-electron chi connectivity index (χ4n) is 4.50. The van der Waals surface area contributed by atoms with Gasteiger partial charge in [-0.3, -0.25) is 4.99 Å². The topological polar surface area (TPSA) is 49.3 Å². The maximum atomic E-state index is 6.18. The maximum absolute atomic E-state index is 6.18. The Labute approximate surface area is 230 Å². The molecular weight excluding hydrogens is 498 g/mol. The van der Waals surface area contributed by atoms with Gasteiger partial charge in [0.05, 0.1) is 14.2 Å². The summed E-state index contributed by atoms with van der Waals surface area (Å²) in [6.45, 7) is 1.72. The van der Waals surface area contributed by atoms with Crippen LogP contribution in [0.2, 0.25) is 0 Å². The summed E-state index contributed by atoms with van der Waals surface area (Å²) in [4.78, 5) is 4.88. The molecule has 6 heteroatoms. The summed E-state index contributed by atoms with van der Waals surface area (Å²) < 4.78 is 23.5. The highest BCUT2D eigenvalue weighted by Crippen LogP contribution is 2.35. The van der Waals surface area contributed by atoms with Gasteiger partial charge in [-0.05, 0) is 52.9 Å². The largest absolute Gasteiger partial charge is 0.493 e. The monoisotopic (exact) mass is 529 g/mol. The molecule has 0 unspecified atom stereocenters. The number of ether oxygens (including phenoxy) is 4. The minimum atomic E-state index is 0. The SMILES string of the molecule is COc1cc(CC2=NCCc3cc(OC)c(OCc4ccccc4)cc32)ccc1OCc1ccccc1.Cl. The third-order valence-electron chi connectivity index (χ3n) is 6.46. The van der Waals surface area contributed by atoms with Crippen LogP contribution in [0, 0.1) is 0 Å². The van der Waals surface area contributed by atoms with Crippen molar-refractivity contribution >= 4 is 18.1 Å². The average Bonchev–Trinajstić information content (AvgIpc) is 2.96. The quantitative estimate of drug-likeness (QED) is 0.225. The van der Waals surface area contributed by atoms with E-state index < -0.39 is 0 Å². The third-order valence-corrected chi connectivity index (χ3v) is 6.46. The lowest BCUT2D eigenvalue weighted by Crippen LogP contribution is -2.16. The lowest BCUT2D eigenvalue weighted by Gasteiger charge is -2.21. The van der Waals surface area contributed by atoms with Gasteiger partial charge in [0.25, 0.3) is 0 Å². The first kappa shape index (κ1) is 27.1. The van der Waals surface area contributed by atoms with Crippen LogP contribution in [-0.4, -0.2) is 26.5 Å². The van der Waals surface area contributed by atoms with Crippen LogP contribution in [-0.2, 0) is 26.1 Å². The predicted octanol–water partition coefficient (Wildman–Crippen LogP) is 6.87. The van der Waals surface area contributed by atoms with Gasteiger partial charge in [0, 0.05) is 24.2 Å². The molecule has 0 saturated carbocycles. The molecule has 0 spiro atoms. The van der Waals surface area contributed by atoms with E-state index in [4.69, 9.17) is 23.9 Å². The van der Waals surface area contributed by atoms with Crippen molar-refractivity contribution < 1.29 is 18.9 Å². The molecule has 0 bridgehead atoms. The Morgan fingerprint density at radius 1 is 0.632 bits per heavy atom. The van der Waals surface area contributed by atoms with Crippen molar-refractivity contribution in [3.8, 4) is 23.0 Å². The first-order valence-electron chi connectivity index (χ1n) is 12.5. The molecule has 0 aromatic heterocycles. The number of hydrogen-bond acceptors (Lipinski definition) is 5. The lowest BCUT2D eigenvalue weighted by molar-refractivity contribution is 0.284. The van der Waals surface area contributed by atoms with Crippen molar-refractivity contribution in [1.29, 1.82) is 0 Å². The van der Waals surface area contributed by atoms with Crippen molar-refractivity contribution in [1.82, 2.24) is 0 Å². The van der Waals surface area contributed by atoms with Gasteiger partial charge in [0.15, 0.2) is 23.0 Å². The highest BCUT2D eigenvalue weighted by atomic mass is 35.5. The van der Waals surface area contributed by atoms with Crippen LogP contribution in [0.5, 0.6) is 23.0 Å². The second kappa shape index (κ2) is 13.0. The van der Waals surface area contributed by atoms with Crippen LogP contribution in [0.3, 0.4) is 0 Å². The van der Waals surface area contributed by atoms with E-state index in [1.165, 1.54) is 5.56 Å². The van der Waals surface area contributed by atoms with Crippen LogP contribution in [0.25, 0.3) is 0 Å². The molecule has 0 fully saturated rings. The molecule has 38 heavy (non-hydrogen) atoms. The molecule has 0 saturated heterocycles. The minimum absolute atomic E-state index is 0. The zero-order valence-corrected chi connectivity index (χ0v) is 22.5. The van der Waals surface area contributed by atoms with Crippen LogP contribution >= 0.6 is 12.4 Å². The van der Waals surface area contributed by atoms with Crippen LogP contribution < -0.4 is 18.9 Å². The van der Waals surface area contributed by atoms with Gasteiger partial charge in [0.2, 0.25) is 0 Å². The number of methoxy groups -OCH3 is 2. The number of rotatable bonds is 10. The van der Waals surface area contributed by atoms with Crippen molar-refractivity contribution in [2.45, 2.75) is 26.1 Å². The Morgan fingerprint density at radius 3 is 1.87 bits per heavy atom. The second-order valence-electron chi connectivity index (χ2n) is 8.95. The first-order valence-corrected chi connectivity index (χ1v) is 12.5. The molecule has 0 amide bonds. The van der Waals surface area contributed by atoms with E-state index >= 15 is 0 Å². The number of hydrogen-bond donors (Lipinski definition) is 0. The summed E-state index contributed by atoms with van der Waals surface area (Å²) in [7, 11) is 3.35. The number of benzene rings is 4. The summed E-state index contributed by atoms with van der Waals surface area (Å²) >= 11 is 0. The van der Waals surface area contributed by atoms with Gasteiger partial charge in [-0.2, -0.15) is 0 Å². The number of halogens is 1. The molecule has 4 aromatic rings. The van der Waals surface area contributed by atoms with Gasteiger partial charge in [-0.25, -0.2) is 0 Å². The lowest BCUT2D eigenvalue weighted by atomic mass is 9.93. The Bertz CT molecular complexity index is 1370. The number of aliphatic imine (C=N–C) groups is 1. The maximum Gasteiger partial charge on any atom is 0.162 e. The Balaban J connectivity index is 0.00000336. The third kappa shape index (κ3) is 6.48. The van der Waals surface area contributed by atoms with E-state index in [-0.39, 0.29) is 12.4 Å².